The number of nitrogens with one attached hydrogen (secondary N) is 1. The van der Waals surface area contributed by atoms with E-state index in [0.29, 0.717) is 31.0 Å². The molecule has 2 heterocycles. The molecule has 0 spiro atoms. The summed E-state index contributed by atoms with van der Waals surface area (Å²) < 4.78 is 1.78. The van der Waals surface area contributed by atoms with Crippen LogP contribution in [0.1, 0.15) is 34.0 Å². The maximum Gasteiger partial charge on any atom is 0.217 e. The first kappa shape index (κ1) is 22.9. The first-order valence-corrected chi connectivity index (χ1v) is 11.6. The van der Waals surface area contributed by atoms with Crippen molar-refractivity contribution in [3.05, 3.63) is 102 Å². The highest BCUT2D eigenvalue weighted by atomic mass is 16.1. The van der Waals surface area contributed by atoms with E-state index in [-0.39, 0.29) is 18.0 Å². The van der Waals surface area contributed by atoms with Crippen molar-refractivity contribution in [2.45, 2.75) is 25.8 Å². The molecule has 1 N–H and O–H groups in total. The smallest absolute Gasteiger partial charge is 0.217 e. The molecular weight excluding hydrogens is 450 g/mol. The van der Waals surface area contributed by atoms with E-state index in [4.69, 9.17) is 6.42 Å². The molecule has 0 unspecified atom stereocenters. The summed E-state index contributed by atoms with van der Waals surface area (Å²) in [4.78, 5) is 17.4. The molecule has 0 radical (unpaired) electrons. The molecule has 0 saturated carbocycles. The lowest BCUT2D eigenvalue weighted by atomic mass is 9.98. The van der Waals surface area contributed by atoms with Crippen LogP contribution in [-0.2, 0) is 19.4 Å². The minimum absolute atomic E-state index is 0.115. The normalized spacial score (nSPS) is 10.8. The molecule has 0 fully saturated rings. The third-order valence-electron chi connectivity index (χ3n) is 5.82. The Morgan fingerprint density at radius 1 is 0.917 bits per heavy atom. The molecule has 0 amide bonds. The molecule has 0 aliphatic carbocycles. The van der Waals surface area contributed by atoms with E-state index in [1.807, 2.05) is 66.7 Å². The Hall–Kier alpha value is -4.90. The summed E-state index contributed by atoms with van der Waals surface area (Å²) in [7, 11) is 0. The molecule has 5 aromatic rings. The van der Waals surface area contributed by atoms with Gasteiger partial charge in [0.2, 0.25) is 11.6 Å². The van der Waals surface area contributed by atoms with E-state index in [9.17, 15) is 4.79 Å². The number of aryl methyl sites for hydroxylation is 1. The highest BCUT2D eigenvalue weighted by Crippen LogP contribution is 2.29. The fourth-order valence-electron chi connectivity index (χ4n) is 4.03. The van der Waals surface area contributed by atoms with Crippen molar-refractivity contribution in [3.8, 4) is 34.9 Å². The lowest BCUT2D eigenvalue weighted by molar-refractivity contribution is 0.0982. The fraction of sp³-hybridized carbons (Fsp3) is 0.143. The van der Waals surface area contributed by atoms with Gasteiger partial charge in [0, 0.05) is 24.8 Å². The fourth-order valence-corrected chi connectivity index (χ4v) is 4.03. The van der Waals surface area contributed by atoms with Gasteiger partial charge in [0.1, 0.15) is 5.82 Å². The highest BCUT2D eigenvalue weighted by Gasteiger charge is 2.17. The third kappa shape index (κ3) is 5.10. The number of tetrazole rings is 1. The molecule has 3 aromatic carbocycles. The number of carbonyl (C=O) groups is 1. The van der Waals surface area contributed by atoms with Crippen LogP contribution in [0, 0.1) is 12.3 Å². The number of hydrogen-bond donors (Lipinski definition) is 1. The quantitative estimate of drug-likeness (QED) is 0.255. The number of ketones is 1. The molecule has 0 atom stereocenters. The molecule has 176 valence electrons. The van der Waals surface area contributed by atoms with Gasteiger partial charge in [-0.15, -0.1) is 22.5 Å². The lowest BCUT2D eigenvalue weighted by Crippen LogP contribution is -2.09. The Kier molecular flexibility index (Phi) is 6.72. The highest BCUT2D eigenvalue weighted by molar-refractivity contribution is 5.94. The van der Waals surface area contributed by atoms with Crippen molar-refractivity contribution in [1.82, 2.24) is 35.4 Å². The minimum atomic E-state index is -0.115. The average Bonchev–Trinajstić information content (AvgIpc) is 3.59. The summed E-state index contributed by atoms with van der Waals surface area (Å²) in [5.74, 6) is 4.07. The predicted octanol–water partition coefficient (Wildman–Crippen LogP) is 4.16. The number of hydrogen-bond acceptors (Lipinski definition) is 6. The molecule has 36 heavy (non-hydrogen) atoms. The van der Waals surface area contributed by atoms with Gasteiger partial charge in [0.05, 0.1) is 6.54 Å². The monoisotopic (exact) mass is 473 g/mol. The summed E-state index contributed by atoms with van der Waals surface area (Å²) in [6, 6.07) is 25.7. The maximum absolute atomic E-state index is 12.8. The third-order valence-corrected chi connectivity index (χ3v) is 5.82. The Balaban J connectivity index is 1.38. The van der Waals surface area contributed by atoms with Gasteiger partial charge in [-0.3, -0.25) is 4.79 Å². The molecule has 8 heteroatoms. The maximum atomic E-state index is 12.8. The Bertz CT molecular complexity index is 1500. The number of H-pyrrole nitrogens is 1. The van der Waals surface area contributed by atoms with Crippen LogP contribution >= 0.6 is 0 Å². The van der Waals surface area contributed by atoms with Crippen LogP contribution in [-0.4, -0.2) is 41.2 Å². The van der Waals surface area contributed by atoms with Gasteiger partial charge >= 0.3 is 0 Å². The van der Waals surface area contributed by atoms with Crippen LogP contribution in [0.2, 0.25) is 0 Å². The SMILES string of the molecule is C#CCCc1nc(C(=O)Cc2ccccc2)nn1Cc1ccc(-c2ccccc2-c2nnn[nH]2)cc1. The zero-order valence-electron chi connectivity index (χ0n) is 19.5. The van der Waals surface area contributed by atoms with Gasteiger partial charge in [-0.2, -0.15) is 0 Å². The van der Waals surface area contributed by atoms with Crippen molar-refractivity contribution >= 4 is 5.78 Å². The van der Waals surface area contributed by atoms with Gasteiger partial charge in [0.15, 0.2) is 5.82 Å². The molecule has 0 bridgehead atoms. The largest absolute Gasteiger partial charge is 0.290 e. The molecular formula is C28H23N7O. The second kappa shape index (κ2) is 10.6. The number of aromatic amines is 1. The van der Waals surface area contributed by atoms with Crippen LogP contribution in [0.5, 0.6) is 0 Å². The standard InChI is InChI=1S/C28H23N7O/c1-2-3-13-26-29-28(25(36)18-20-9-5-4-6-10-20)32-35(26)19-21-14-16-22(17-15-21)23-11-7-8-12-24(23)27-30-33-34-31-27/h1,4-12,14-17H,3,13,18-19H2,(H,30,31,33,34). The Labute approximate surface area is 208 Å². The molecule has 2 aromatic heterocycles. The second-order valence-corrected chi connectivity index (χ2v) is 8.29. The van der Waals surface area contributed by atoms with Crippen molar-refractivity contribution in [2.75, 3.05) is 0 Å². The number of nitrogens with zero attached hydrogens (tertiary/aromatic N) is 6. The van der Waals surface area contributed by atoms with Gasteiger partial charge < -0.3 is 0 Å². The van der Waals surface area contributed by atoms with Crippen LogP contribution in [0.15, 0.2) is 78.9 Å². The van der Waals surface area contributed by atoms with Crippen LogP contribution in [0.25, 0.3) is 22.5 Å². The van der Waals surface area contributed by atoms with Crippen LogP contribution in [0.4, 0.5) is 0 Å². The van der Waals surface area contributed by atoms with Gasteiger partial charge in [-0.1, -0.05) is 78.9 Å². The number of aromatic nitrogens is 7. The van der Waals surface area contributed by atoms with E-state index < -0.39 is 0 Å². The molecule has 0 aliphatic rings. The average molecular weight is 474 g/mol. The molecule has 8 nitrogen and oxygen atoms in total. The molecule has 5 rings (SSSR count). The van der Waals surface area contributed by atoms with Crippen molar-refractivity contribution in [1.29, 1.82) is 0 Å². The summed E-state index contributed by atoms with van der Waals surface area (Å²) in [6.45, 7) is 0.486. The first-order valence-electron chi connectivity index (χ1n) is 11.6. The first-order chi connectivity index (χ1) is 17.7. The van der Waals surface area contributed by atoms with E-state index in [0.717, 1.165) is 27.8 Å². The van der Waals surface area contributed by atoms with E-state index in [2.05, 4.69) is 48.8 Å². The van der Waals surface area contributed by atoms with Crippen LogP contribution < -0.4 is 0 Å². The second-order valence-electron chi connectivity index (χ2n) is 8.29. The van der Waals surface area contributed by atoms with Crippen molar-refractivity contribution in [2.24, 2.45) is 0 Å². The summed E-state index contributed by atoms with van der Waals surface area (Å²) in [5.41, 5.74) is 4.94. The van der Waals surface area contributed by atoms with Gasteiger partial charge in [-0.05, 0) is 32.7 Å². The van der Waals surface area contributed by atoms with Gasteiger partial charge in [-0.25, -0.2) is 14.8 Å². The van der Waals surface area contributed by atoms with E-state index in [1.54, 1.807) is 4.68 Å². The number of benzene rings is 3. The Morgan fingerprint density at radius 3 is 2.39 bits per heavy atom. The molecule has 0 saturated heterocycles. The number of rotatable bonds is 9. The number of terminal acetylenes is 1. The number of carbonyl (C=O) groups excluding carboxylic acids is 1. The topological polar surface area (TPSA) is 102 Å². The Morgan fingerprint density at radius 2 is 1.67 bits per heavy atom. The van der Waals surface area contributed by atoms with Crippen LogP contribution in [0.3, 0.4) is 0 Å². The zero-order chi connectivity index (χ0) is 24.7. The van der Waals surface area contributed by atoms with E-state index >= 15 is 0 Å². The van der Waals surface area contributed by atoms with Crippen molar-refractivity contribution in [3.63, 3.8) is 0 Å². The van der Waals surface area contributed by atoms with Crippen molar-refractivity contribution < 1.29 is 4.79 Å². The zero-order valence-corrected chi connectivity index (χ0v) is 19.5. The molecule has 0 aliphatic heterocycles. The summed E-state index contributed by atoms with van der Waals surface area (Å²) >= 11 is 0. The summed E-state index contributed by atoms with van der Waals surface area (Å²) in [6.07, 6.45) is 6.82. The predicted molar refractivity (Wildman–Crippen MR) is 136 cm³/mol. The van der Waals surface area contributed by atoms with Gasteiger partial charge in [0.25, 0.3) is 0 Å². The lowest BCUT2D eigenvalue weighted by Gasteiger charge is -2.09. The number of Topliss-reactive ketones (excluding diaryl/α,β-unsaturated/α-hetero) is 1. The summed E-state index contributed by atoms with van der Waals surface area (Å²) in [5, 5.41) is 18.8. The van der Waals surface area contributed by atoms with E-state index in [1.165, 1.54) is 0 Å². The minimum Gasteiger partial charge on any atom is -0.290 e.